The maximum Gasteiger partial charge on any atom is 0.251 e. The van der Waals surface area contributed by atoms with Gasteiger partial charge in [0, 0.05) is 11.3 Å². The summed E-state index contributed by atoms with van der Waals surface area (Å²) in [5.41, 5.74) is 2.80. The number of carbonyl (C=O) groups is 1. The fourth-order valence-electron chi connectivity index (χ4n) is 2.47. The lowest BCUT2D eigenvalue weighted by Crippen LogP contribution is -2.43. The van der Waals surface area contributed by atoms with Crippen LogP contribution in [0, 0.1) is 5.92 Å². The van der Waals surface area contributed by atoms with Gasteiger partial charge in [-0.1, -0.05) is 62.4 Å². The van der Waals surface area contributed by atoms with Gasteiger partial charge in [0.25, 0.3) is 5.91 Å². The first kappa shape index (κ1) is 16.9. The monoisotopic (exact) mass is 308 g/mol. The molecule has 0 radical (unpaired) electrons. The first-order valence-corrected chi connectivity index (χ1v) is 7.98. The van der Waals surface area contributed by atoms with Gasteiger partial charge in [0.2, 0.25) is 0 Å². The van der Waals surface area contributed by atoms with E-state index >= 15 is 0 Å². The van der Waals surface area contributed by atoms with Crippen LogP contribution in [0.4, 0.5) is 0 Å². The molecule has 120 valence electrons. The Bertz CT molecular complexity index is 648. The molecular weight excluding hydrogens is 284 g/mol. The van der Waals surface area contributed by atoms with E-state index in [-0.39, 0.29) is 17.9 Å². The molecule has 2 rings (SSSR count). The molecule has 0 spiro atoms. The van der Waals surface area contributed by atoms with Crippen molar-refractivity contribution in [2.75, 3.05) is 0 Å². The maximum atomic E-state index is 12.4. The van der Waals surface area contributed by atoms with E-state index < -0.39 is 0 Å². The topological polar surface area (TPSA) is 41.5 Å². The van der Waals surface area contributed by atoms with Gasteiger partial charge in [0.15, 0.2) is 0 Å². The highest BCUT2D eigenvalue weighted by Gasteiger charge is 2.19. The second-order valence-electron chi connectivity index (χ2n) is 6.00. The average molecular weight is 308 g/mol. The summed E-state index contributed by atoms with van der Waals surface area (Å²) in [6.07, 6.45) is 0. The summed E-state index contributed by atoms with van der Waals surface area (Å²) in [5.74, 6) is 0.223. The number of aliphatic imine (C=N–C) groups is 1. The molecule has 3 nitrogen and oxygen atoms in total. The second kappa shape index (κ2) is 8.28. The molecule has 0 aliphatic rings. The number of nitrogens with one attached hydrogen (secondary N) is 1. The molecule has 1 N–H and O–H groups in total. The lowest BCUT2D eigenvalue weighted by atomic mass is 9.99. The fourth-order valence-corrected chi connectivity index (χ4v) is 2.47. The Labute approximate surface area is 138 Å². The Morgan fingerprint density at radius 3 is 2.13 bits per heavy atom. The highest BCUT2D eigenvalue weighted by molar-refractivity contribution is 5.98. The van der Waals surface area contributed by atoms with Gasteiger partial charge in [-0.2, -0.15) is 0 Å². The van der Waals surface area contributed by atoms with Crippen LogP contribution in [-0.4, -0.2) is 17.7 Å². The van der Waals surface area contributed by atoms with E-state index in [0.717, 1.165) is 5.71 Å². The van der Waals surface area contributed by atoms with Gasteiger partial charge in [0.05, 0.1) is 12.6 Å². The highest BCUT2D eigenvalue weighted by Crippen LogP contribution is 2.09. The molecule has 0 saturated heterocycles. The van der Waals surface area contributed by atoms with E-state index in [2.05, 4.69) is 36.3 Å². The third-order valence-corrected chi connectivity index (χ3v) is 3.79. The summed E-state index contributed by atoms with van der Waals surface area (Å²) >= 11 is 0. The molecule has 1 amide bonds. The van der Waals surface area contributed by atoms with Crippen molar-refractivity contribution in [1.29, 1.82) is 0 Å². The minimum atomic E-state index is -0.0635. The number of nitrogens with zero attached hydrogens (tertiary/aromatic N) is 1. The number of amides is 1. The van der Waals surface area contributed by atoms with Crippen molar-refractivity contribution in [2.45, 2.75) is 33.4 Å². The van der Waals surface area contributed by atoms with Crippen molar-refractivity contribution in [3.63, 3.8) is 0 Å². The first-order valence-electron chi connectivity index (χ1n) is 7.98. The third-order valence-electron chi connectivity index (χ3n) is 3.79. The van der Waals surface area contributed by atoms with Crippen molar-refractivity contribution >= 4 is 11.6 Å². The van der Waals surface area contributed by atoms with Crippen LogP contribution in [0.3, 0.4) is 0 Å². The molecule has 2 aromatic carbocycles. The van der Waals surface area contributed by atoms with Gasteiger partial charge >= 0.3 is 0 Å². The molecule has 2 aromatic rings. The quantitative estimate of drug-likeness (QED) is 0.802. The fraction of sp³-hybridized carbons (Fsp3) is 0.300. The number of hydrogen-bond donors (Lipinski definition) is 1. The standard InChI is InChI=1S/C20H24N2O/c1-15(2)19(22-20(23)18-12-8-5-9-13-18)16(3)21-14-17-10-6-4-7-11-17/h4-13,15,19H,14H2,1-3H3,(H,22,23). The zero-order valence-corrected chi connectivity index (χ0v) is 14.0. The molecule has 0 bridgehead atoms. The van der Waals surface area contributed by atoms with Crippen LogP contribution in [0.2, 0.25) is 0 Å². The minimum Gasteiger partial charge on any atom is -0.344 e. The molecule has 3 heteroatoms. The number of rotatable bonds is 6. The Morgan fingerprint density at radius 1 is 1.00 bits per heavy atom. The van der Waals surface area contributed by atoms with E-state index in [9.17, 15) is 4.79 Å². The van der Waals surface area contributed by atoms with Crippen LogP contribution in [0.1, 0.15) is 36.7 Å². The molecular formula is C20H24N2O. The van der Waals surface area contributed by atoms with Gasteiger partial charge in [-0.3, -0.25) is 9.79 Å². The molecule has 1 unspecified atom stereocenters. The Kier molecular flexibility index (Phi) is 6.10. The second-order valence-corrected chi connectivity index (χ2v) is 6.00. The molecule has 0 aliphatic carbocycles. The number of carbonyl (C=O) groups excluding carboxylic acids is 1. The molecule has 0 aromatic heterocycles. The van der Waals surface area contributed by atoms with E-state index in [4.69, 9.17) is 0 Å². The van der Waals surface area contributed by atoms with Crippen LogP contribution in [-0.2, 0) is 6.54 Å². The molecule has 0 saturated carbocycles. The SMILES string of the molecule is CC(=NCc1ccccc1)C(NC(=O)c1ccccc1)C(C)C. The molecule has 0 aliphatic heterocycles. The zero-order valence-electron chi connectivity index (χ0n) is 14.0. The third kappa shape index (κ3) is 5.06. The van der Waals surface area contributed by atoms with Crippen LogP contribution >= 0.6 is 0 Å². The van der Waals surface area contributed by atoms with E-state index in [1.807, 2.05) is 55.5 Å². The maximum absolute atomic E-state index is 12.4. The van der Waals surface area contributed by atoms with Gasteiger partial charge in [0.1, 0.15) is 0 Å². The zero-order chi connectivity index (χ0) is 16.7. The highest BCUT2D eigenvalue weighted by atomic mass is 16.1. The smallest absolute Gasteiger partial charge is 0.251 e. The average Bonchev–Trinajstić information content (AvgIpc) is 2.58. The normalized spacial score (nSPS) is 13.0. The van der Waals surface area contributed by atoms with Crippen LogP contribution in [0.25, 0.3) is 0 Å². The van der Waals surface area contributed by atoms with Crippen LogP contribution < -0.4 is 5.32 Å². The Balaban J connectivity index is 2.07. The lowest BCUT2D eigenvalue weighted by molar-refractivity contribution is 0.0939. The van der Waals surface area contributed by atoms with Crippen molar-refractivity contribution < 1.29 is 4.79 Å². The lowest BCUT2D eigenvalue weighted by Gasteiger charge is -2.22. The number of hydrogen-bond acceptors (Lipinski definition) is 2. The Morgan fingerprint density at radius 2 is 1.57 bits per heavy atom. The summed E-state index contributed by atoms with van der Waals surface area (Å²) in [4.78, 5) is 17.0. The summed E-state index contributed by atoms with van der Waals surface area (Å²) in [7, 11) is 0. The molecule has 1 atom stereocenters. The predicted octanol–water partition coefficient (Wildman–Crippen LogP) is 4.10. The van der Waals surface area contributed by atoms with Crippen LogP contribution in [0.15, 0.2) is 65.7 Å². The van der Waals surface area contributed by atoms with Crippen molar-refractivity contribution in [1.82, 2.24) is 5.32 Å². The van der Waals surface area contributed by atoms with Crippen molar-refractivity contribution in [3.8, 4) is 0 Å². The van der Waals surface area contributed by atoms with Gasteiger partial charge in [-0.15, -0.1) is 0 Å². The van der Waals surface area contributed by atoms with E-state index in [0.29, 0.717) is 12.1 Å². The largest absolute Gasteiger partial charge is 0.344 e. The molecule has 0 heterocycles. The summed E-state index contributed by atoms with van der Waals surface area (Å²) in [6, 6.07) is 19.4. The summed E-state index contributed by atoms with van der Waals surface area (Å²) < 4.78 is 0. The Hall–Kier alpha value is -2.42. The summed E-state index contributed by atoms with van der Waals surface area (Å²) in [6.45, 7) is 6.81. The van der Waals surface area contributed by atoms with Crippen molar-refractivity contribution in [2.24, 2.45) is 10.9 Å². The van der Waals surface area contributed by atoms with Gasteiger partial charge in [-0.05, 0) is 30.5 Å². The van der Waals surface area contributed by atoms with Gasteiger partial charge in [-0.25, -0.2) is 0 Å². The van der Waals surface area contributed by atoms with E-state index in [1.54, 1.807) is 0 Å². The number of benzene rings is 2. The molecule has 0 fully saturated rings. The summed E-state index contributed by atoms with van der Waals surface area (Å²) in [5, 5.41) is 3.10. The van der Waals surface area contributed by atoms with Crippen LogP contribution in [0.5, 0.6) is 0 Å². The predicted molar refractivity (Wildman–Crippen MR) is 95.8 cm³/mol. The molecule has 23 heavy (non-hydrogen) atoms. The van der Waals surface area contributed by atoms with Gasteiger partial charge < -0.3 is 5.32 Å². The first-order chi connectivity index (χ1) is 11.1. The minimum absolute atomic E-state index is 0.0569. The van der Waals surface area contributed by atoms with E-state index in [1.165, 1.54) is 5.56 Å². The van der Waals surface area contributed by atoms with Crippen molar-refractivity contribution in [3.05, 3.63) is 71.8 Å².